The smallest absolute Gasteiger partial charge is 0.257 e. The molecule has 2 rings (SSSR count). The van der Waals surface area contributed by atoms with Crippen LogP contribution in [0.25, 0.3) is 0 Å². The SMILES string of the molecule is CC1C(=O)NC(=O)CN1C(=O)c1ccc(Cl)cc1N. The summed E-state index contributed by atoms with van der Waals surface area (Å²) in [6.07, 6.45) is 0. The Labute approximate surface area is 114 Å². The summed E-state index contributed by atoms with van der Waals surface area (Å²) in [6, 6.07) is 3.73. The van der Waals surface area contributed by atoms with Crippen molar-refractivity contribution in [2.45, 2.75) is 13.0 Å². The molecule has 0 bridgehead atoms. The Morgan fingerprint density at radius 2 is 2.16 bits per heavy atom. The Bertz CT molecular complexity index is 573. The summed E-state index contributed by atoms with van der Waals surface area (Å²) >= 11 is 5.76. The number of anilines is 1. The molecule has 1 aromatic carbocycles. The Hall–Kier alpha value is -2.08. The topological polar surface area (TPSA) is 92.5 Å². The zero-order valence-electron chi connectivity index (χ0n) is 10.1. The van der Waals surface area contributed by atoms with E-state index in [2.05, 4.69) is 5.32 Å². The molecule has 1 aliphatic rings. The fraction of sp³-hybridized carbons (Fsp3) is 0.250. The van der Waals surface area contributed by atoms with Gasteiger partial charge in [-0.15, -0.1) is 0 Å². The lowest BCUT2D eigenvalue weighted by atomic mass is 10.1. The van der Waals surface area contributed by atoms with Gasteiger partial charge in [0.05, 0.1) is 5.56 Å². The average Bonchev–Trinajstić information content (AvgIpc) is 2.33. The molecule has 1 heterocycles. The van der Waals surface area contributed by atoms with Crippen molar-refractivity contribution in [3.63, 3.8) is 0 Å². The summed E-state index contributed by atoms with van der Waals surface area (Å²) in [4.78, 5) is 36.3. The van der Waals surface area contributed by atoms with E-state index < -0.39 is 23.8 Å². The lowest BCUT2D eigenvalue weighted by Crippen LogP contribution is -2.58. The molecule has 0 aromatic heterocycles. The number of benzene rings is 1. The van der Waals surface area contributed by atoms with Crippen molar-refractivity contribution < 1.29 is 14.4 Å². The van der Waals surface area contributed by atoms with Gasteiger partial charge < -0.3 is 10.6 Å². The highest BCUT2D eigenvalue weighted by atomic mass is 35.5. The monoisotopic (exact) mass is 281 g/mol. The van der Waals surface area contributed by atoms with Gasteiger partial charge in [0, 0.05) is 10.7 Å². The Morgan fingerprint density at radius 1 is 1.47 bits per heavy atom. The van der Waals surface area contributed by atoms with Crippen molar-refractivity contribution in [3.8, 4) is 0 Å². The number of nitrogens with zero attached hydrogens (tertiary/aromatic N) is 1. The summed E-state index contributed by atoms with van der Waals surface area (Å²) < 4.78 is 0. The van der Waals surface area contributed by atoms with Crippen LogP contribution in [0.5, 0.6) is 0 Å². The van der Waals surface area contributed by atoms with Crippen LogP contribution in [0.15, 0.2) is 18.2 Å². The maximum atomic E-state index is 12.3. The number of halogens is 1. The van der Waals surface area contributed by atoms with Gasteiger partial charge in [-0.1, -0.05) is 11.6 Å². The minimum atomic E-state index is -0.722. The number of hydrogen-bond acceptors (Lipinski definition) is 4. The number of carbonyl (C=O) groups excluding carboxylic acids is 3. The second-order valence-corrected chi connectivity index (χ2v) is 4.69. The van der Waals surface area contributed by atoms with Crippen molar-refractivity contribution in [2.24, 2.45) is 0 Å². The molecule has 1 fully saturated rings. The summed E-state index contributed by atoms with van der Waals surface area (Å²) in [6.45, 7) is 1.37. The number of nitrogen functional groups attached to an aromatic ring is 1. The highest BCUT2D eigenvalue weighted by Gasteiger charge is 2.34. The highest BCUT2D eigenvalue weighted by Crippen LogP contribution is 2.21. The van der Waals surface area contributed by atoms with E-state index >= 15 is 0 Å². The van der Waals surface area contributed by atoms with E-state index in [0.717, 1.165) is 0 Å². The van der Waals surface area contributed by atoms with Crippen molar-refractivity contribution >= 4 is 35.0 Å². The normalized spacial score (nSPS) is 19.3. The van der Waals surface area contributed by atoms with Gasteiger partial charge in [0.1, 0.15) is 12.6 Å². The molecule has 3 amide bonds. The van der Waals surface area contributed by atoms with Crippen molar-refractivity contribution in [2.75, 3.05) is 12.3 Å². The number of nitrogens with one attached hydrogen (secondary N) is 1. The second-order valence-electron chi connectivity index (χ2n) is 4.25. The van der Waals surface area contributed by atoms with Crippen molar-refractivity contribution in [1.29, 1.82) is 0 Å². The van der Waals surface area contributed by atoms with Crippen LogP contribution in [0.2, 0.25) is 5.02 Å². The van der Waals surface area contributed by atoms with Gasteiger partial charge in [0.15, 0.2) is 0 Å². The maximum Gasteiger partial charge on any atom is 0.257 e. The zero-order chi connectivity index (χ0) is 14.2. The van der Waals surface area contributed by atoms with Gasteiger partial charge in [-0.3, -0.25) is 19.7 Å². The quantitative estimate of drug-likeness (QED) is 0.576. The molecule has 6 nitrogen and oxygen atoms in total. The first-order valence-corrected chi connectivity index (χ1v) is 5.97. The number of imide groups is 1. The van der Waals surface area contributed by atoms with Crippen molar-refractivity contribution in [3.05, 3.63) is 28.8 Å². The van der Waals surface area contributed by atoms with E-state index in [0.29, 0.717) is 5.02 Å². The summed E-state index contributed by atoms with van der Waals surface area (Å²) in [7, 11) is 0. The molecule has 0 radical (unpaired) electrons. The van der Waals surface area contributed by atoms with E-state index in [1.807, 2.05) is 0 Å². The van der Waals surface area contributed by atoms with E-state index in [1.54, 1.807) is 6.92 Å². The Morgan fingerprint density at radius 3 is 2.79 bits per heavy atom. The predicted molar refractivity (Wildman–Crippen MR) is 69.5 cm³/mol. The molecule has 1 aliphatic heterocycles. The molecule has 0 spiro atoms. The molecule has 1 atom stereocenters. The van der Waals surface area contributed by atoms with Crippen LogP contribution in [0.1, 0.15) is 17.3 Å². The molecular formula is C12H12ClN3O3. The number of nitrogens with two attached hydrogens (primary N) is 1. The van der Waals surface area contributed by atoms with Gasteiger partial charge in [-0.2, -0.15) is 0 Å². The average molecular weight is 282 g/mol. The van der Waals surface area contributed by atoms with Crippen LogP contribution >= 0.6 is 11.6 Å². The van der Waals surface area contributed by atoms with Gasteiger partial charge >= 0.3 is 0 Å². The maximum absolute atomic E-state index is 12.3. The van der Waals surface area contributed by atoms with Crippen LogP contribution in [-0.2, 0) is 9.59 Å². The van der Waals surface area contributed by atoms with Gasteiger partial charge in [-0.05, 0) is 25.1 Å². The molecule has 19 heavy (non-hydrogen) atoms. The van der Waals surface area contributed by atoms with Crippen LogP contribution in [0.3, 0.4) is 0 Å². The minimum Gasteiger partial charge on any atom is -0.398 e. The van der Waals surface area contributed by atoms with Crippen LogP contribution in [0.4, 0.5) is 5.69 Å². The Balaban J connectivity index is 2.32. The van der Waals surface area contributed by atoms with E-state index in [-0.39, 0.29) is 17.8 Å². The number of amides is 3. The fourth-order valence-electron chi connectivity index (χ4n) is 1.85. The molecule has 3 N–H and O–H groups in total. The Kier molecular flexibility index (Phi) is 3.44. The summed E-state index contributed by atoms with van der Waals surface area (Å²) in [5.41, 5.74) is 6.16. The van der Waals surface area contributed by atoms with Gasteiger partial charge in [-0.25, -0.2) is 0 Å². The summed E-state index contributed by atoms with van der Waals surface area (Å²) in [5.74, 6) is -1.48. The molecule has 1 saturated heterocycles. The lowest BCUT2D eigenvalue weighted by Gasteiger charge is -2.31. The fourth-order valence-corrected chi connectivity index (χ4v) is 2.03. The first kappa shape index (κ1) is 13.4. The summed E-state index contributed by atoms with van der Waals surface area (Å²) in [5, 5.41) is 2.58. The van der Waals surface area contributed by atoms with E-state index in [1.165, 1.54) is 23.1 Å². The number of rotatable bonds is 1. The third-order valence-corrected chi connectivity index (χ3v) is 3.16. The molecule has 100 valence electrons. The van der Waals surface area contributed by atoms with E-state index in [9.17, 15) is 14.4 Å². The second kappa shape index (κ2) is 4.89. The van der Waals surface area contributed by atoms with Crippen LogP contribution in [-0.4, -0.2) is 35.2 Å². The zero-order valence-corrected chi connectivity index (χ0v) is 10.9. The number of carbonyl (C=O) groups is 3. The molecule has 1 aromatic rings. The predicted octanol–water partition coefficient (Wildman–Crippen LogP) is 0.409. The number of piperazine rings is 1. The van der Waals surface area contributed by atoms with Gasteiger partial charge in [0.25, 0.3) is 5.91 Å². The molecule has 0 aliphatic carbocycles. The number of hydrogen-bond donors (Lipinski definition) is 2. The standard InChI is InChI=1S/C12H12ClN3O3/c1-6-11(18)15-10(17)5-16(6)12(19)8-3-2-7(13)4-9(8)14/h2-4,6H,5,14H2,1H3,(H,15,17,18). The van der Waals surface area contributed by atoms with Crippen LogP contribution in [0, 0.1) is 0 Å². The third-order valence-electron chi connectivity index (χ3n) is 2.93. The highest BCUT2D eigenvalue weighted by molar-refractivity contribution is 6.31. The molecule has 0 saturated carbocycles. The third kappa shape index (κ3) is 2.53. The van der Waals surface area contributed by atoms with E-state index in [4.69, 9.17) is 17.3 Å². The molecular weight excluding hydrogens is 270 g/mol. The molecule has 1 unspecified atom stereocenters. The van der Waals surface area contributed by atoms with Gasteiger partial charge in [0.2, 0.25) is 11.8 Å². The first-order valence-electron chi connectivity index (χ1n) is 5.60. The molecule has 7 heteroatoms. The lowest BCUT2D eigenvalue weighted by molar-refractivity contribution is -0.138. The largest absolute Gasteiger partial charge is 0.398 e. The first-order chi connectivity index (χ1) is 8.90. The van der Waals surface area contributed by atoms with Crippen molar-refractivity contribution in [1.82, 2.24) is 10.2 Å². The van der Waals surface area contributed by atoms with Crippen LogP contribution < -0.4 is 11.1 Å². The minimum absolute atomic E-state index is 0.173.